The van der Waals surface area contributed by atoms with Gasteiger partial charge >= 0.3 is 0 Å². The summed E-state index contributed by atoms with van der Waals surface area (Å²) in [6.45, 7) is 2.74. The number of rotatable bonds is 5. The van der Waals surface area contributed by atoms with Crippen molar-refractivity contribution in [1.82, 2.24) is 5.16 Å². The van der Waals surface area contributed by atoms with Crippen molar-refractivity contribution in [2.24, 2.45) is 5.11 Å². The molecule has 92 valence electrons. The Bertz CT molecular complexity index is 556. The Kier molecular flexibility index (Phi) is 3.83. The molecule has 0 aliphatic rings. The fraction of sp³-hybridized carbons (Fsp3) is 0.250. The van der Waals surface area contributed by atoms with Gasteiger partial charge in [0, 0.05) is 16.5 Å². The van der Waals surface area contributed by atoms with E-state index in [0.29, 0.717) is 18.1 Å². The lowest BCUT2D eigenvalue weighted by atomic mass is 10.1. The molecule has 6 nitrogen and oxygen atoms in total. The zero-order valence-electron chi connectivity index (χ0n) is 9.91. The number of ether oxygens (including phenoxy) is 1. The van der Waals surface area contributed by atoms with Crippen molar-refractivity contribution in [2.45, 2.75) is 13.5 Å². The van der Waals surface area contributed by atoms with Gasteiger partial charge in [0.15, 0.2) is 0 Å². The predicted molar refractivity (Wildman–Crippen MR) is 66.0 cm³/mol. The topological polar surface area (TPSA) is 84.0 Å². The van der Waals surface area contributed by atoms with Gasteiger partial charge in [-0.15, -0.1) is 0 Å². The predicted octanol–water partition coefficient (Wildman–Crippen LogP) is 3.55. The molecule has 0 fully saturated rings. The van der Waals surface area contributed by atoms with E-state index in [2.05, 4.69) is 15.2 Å². The molecule has 0 aliphatic carbocycles. The van der Waals surface area contributed by atoms with Crippen molar-refractivity contribution < 1.29 is 9.26 Å². The molecule has 0 atom stereocenters. The standard InChI is InChI=1S/C12H12N4O2/c1-2-17-10-5-3-9(4-6-10)12-7-11(18-15-12)8-14-16-13/h3-7H,2,8H2,1H3. The van der Waals surface area contributed by atoms with Crippen LogP contribution >= 0.6 is 0 Å². The zero-order valence-corrected chi connectivity index (χ0v) is 9.91. The molecule has 18 heavy (non-hydrogen) atoms. The van der Waals surface area contributed by atoms with Gasteiger partial charge in [0.2, 0.25) is 0 Å². The minimum Gasteiger partial charge on any atom is -0.494 e. The van der Waals surface area contributed by atoms with E-state index in [1.807, 2.05) is 31.2 Å². The van der Waals surface area contributed by atoms with Gasteiger partial charge in [-0.2, -0.15) is 0 Å². The second-order valence-corrected chi connectivity index (χ2v) is 3.52. The third-order valence-electron chi connectivity index (χ3n) is 2.31. The van der Waals surface area contributed by atoms with Gasteiger partial charge in [-0.25, -0.2) is 0 Å². The minimum absolute atomic E-state index is 0.167. The number of benzene rings is 1. The van der Waals surface area contributed by atoms with Gasteiger partial charge < -0.3 is 9.26 Å². The molecule has 0 spiro atoms. The largest absolute Gasteiger partial charge is 0.494 e. The zero-order chi connectivity index (χ0) is 12.8. The van der Waals surface area contributed by atoms with E-state index >= 15 is 0 Å². The van der Waals surface area contributed by atoms with Gasteiger partial charge in [0.25, 0.3) is 0 Å². The van der Waals surface area contributed by atoms with E-state index in [-0.39, 0.29) is 6.54 Å². The lowest BCUT2D eigenvalue weighted by molar-refractivity contribution is 0.340. The lowest BCUT2D eigenvalue weighted by Crippen LogP contribution is -1.90. The average Bonchev–Trinajstić information content (AvgIpc) is 2.86. The third-order valence-corrected chi connectivity index (χ3v) is 2.31. The molecule has 0 bridgehead atoms. The van der Waals surface area contributed by atoms with Crippen LogP contribution < -0.4 is 4.74 Å². The van der Waals surface area contributed by atoms with Gasteiger partial charge in [0.05, 0.1) is 13.2 Å². The first-order valence-electron chi connectivity index (χ1n) is 5.53. The summed E-state index contributed by atoms with van der Waals surface area (Å²) in [6.07, 6.45) is 0. The molecular formula is C12H12N4O2. The molecule has 2 aromatic rings. The molecule has 0 radical (unpaired) electrons. The molecule has 2 rings (SSSR count). The monoisotopic (exact) mass is 244 g/mol. The third kappa shape index (κ3) is 2.81. The molecule has 0 unspecified atom stereocenters. The van der Waals surface area contributed by atoms with E-state index in [0.717, 1.165) is 11.3 Å². The Balaban J connectivity index is 2.15. The van der Waals surface area contributed by atoms with Crippen LogP contribution in [-0.2, 0) is 6.54 Å². The van der Waals surface area contributed by atoms with Gasteiger partial charge in [0.1, 0.15) is 17.2 Å². The van der Waals surface area contributed by atoms with Crippen molar-refractivity contribution in [3.05, 3.63) is 46.5 Å². The first kappa shape index (κ1) is 12.0. The van der Waals surface area contributed by atoms with Crippen molar-refractivity contribution in [3.8, 4) is 17.0 Å². The Morgan fingerprint density at radius 2 is 2.17 bits per heavy atom. The fourth-order valence-corrected chi connectivity index (χ4v) is 1.51. The summed E-state index contributed by atoms with van der Waals surface area (Å²) >= 11 is 0. The van der Waals surface area contributed by atoms with Crippen LogP contribution in [0, 0.1) is 0 Å². The van der Waals surface area contributed by atoms with Crippen molar-refractivity contribution >= 4 is 0 Å². The lowest BCUT2D eigenvalue weighted by Gasteiger charge is -2.02. The Hall–Kier alpha value is -2.46. The summed E-state index contributed by atoms with van der Waals surface area (Å²) in [5.74, 6) is 1.36. The van der Waals surface area contributed by atoms with E-state index in [1.54, 1.807) is 6.07 Å². The fourth-order valence-electron chi connectivity index (χ4n) is 1.51. The molecule has 0 amide bonds. The van der Waals surface area contributed by atoms with E-state index in [9.17, 15) is 0 Å². The van der Waals surface area contributed by atoms with Crippen LogP contribution in [0.2, 0.25) is 0 Å². The van der Waals surface area contributed by atoms with Crippen LogP contribution in [0.1, 0.15) is 12.7 Å². The second kappa shape index (κ2) is 5.75. The molecular weight excluding hydrogens is 232 g/mol. The summed E-state index contributed by atoms with van der Waals surface area (Å²) in [6, 6.07) is 9.31. The maximum Gasteiger partial charge on any atom is 0.143 e. The maximum atomic E-state index is 8.21. The summed E-state index contributed by atoms with van der Waals surface area (Å²) < 4.78 is 10.4. The summed E-state index contributed by atoms with van der Waals surface area (Å²) in [7, 11) is 0. The minimum atomic E-state index is 0.167. The van der Waals surface area contributed by atoms with Crippen LogP contribution in [0.15, 0.2) is 40.0 Å². The Labute approximate surface area is 104 Å². The first-order chi connectivity index (χ1) is 8.83. The molecule has 6 heteroatoms. The summed E-state index contributed by atoms with van der Waals surface area (Å²) in [5, 5.41) is 7.33. The molecule has 1 heterocycles. The molecule has 0 saturated heterocycles. The Morgan fingerprint density at radius 3 is 2.83 bits per heavy atom. The smallest absolute Gasteiger partial charge is 0.143 e. The number of azide groups is 1. The van der Waals surface area contributed by atoms with Crippen LogP contribution in [0.25, 0.3) is 21.7 Å². The number of hydrogen-bond donors (Lipinski definition) is 0. The van der Waals surface area contributed by atoms with Crippen molar-refractivity contribution in [2.75, 3.05) is 6.61 Å². The maximum absolute atomic E-state index is 8.21. The van der Waals surface area contributed by atoms with Crippen molar-refractivity contribution in [1.29, 1.82) is 0 Å². The van der Waals surface area contributed by atoms with E-state index < -0.39 is 0 Å². The van der Waals surface area contributed by atoms with Gasteiger partial charge in [-0.05, 0) is 36.7 Å². The highest BCUT2D eigenvalue weighted by molar-refractivity contribution is 5.59. The van der Waals surface area contributed by atoms with Crippen LogP contribution in [-0.4, -0.2) is 11.8 Å². The highest BCUT2D eigenvalue weighted by Gasteiger charge is 2.05. The Morgan fingerprint density at radius 1 is 1.39 bits per heavy atom. The highest BCUT2D eigenvalue weighted by atomic mass is 16.5. The SMILES string of the molecule is CCOc1ccc(-c2cc(CN=[N+]=[N-])on2)cc1. The van der Waals surface area contributed by atoms with Gasteiger partial charge in [-0.1, -0.05) is 10.3 Å². The molecule has 1 aromatic carbocycles. The van der Waals surface area contributed by atoms with Crippen LogP contribution in [0.3, 0.4) is 0 Å². The second-order valence-electron chi connectivity index (χ2n) is 3.52. The summed E-state index contributed by atoms with van der Waals surface area (Å²) in [4.78, 5) is 2.67. The molecule has 0 aliphatic heterocycles. The molecule has 1 aromatic heterocycles. The van der Waals surface area contributed by atoms with E-state index in [4.69, 9.17) is 14.8 Å². The highest BCUT2D eigenvalue weighted by Crippen LogP contribution is 2.22. The van der Waals surface area contributed by atoms with Crippen LogP contribution in [0.4, 0.5) is 0 Å². The average molecular weight is 244 g/mol. The normalized spacial score (nSPS) is 9.83. The first-order valence-corrected chi connectivity index (χ1v) is 5.53. The van der Waals surface area contributed by atoms with E-state index in [1.165, 1.54) is 0 Å². The van der Waals surface area contributed by atoms with Crippen molar-refractivity contribution in [3.63, 3.8) is 0 Å². The quantitative estimate of drug-likeness (QED) is 0.458. The van der Waals surface area contributed by atoms with Crippen LogP contribution in [0.5, 0.6) is 5.75 Å². The van der Waals surface area contributed by atoms with Gasteiger partial charge in [-0.3, -0.25) is 0 Å². The molecule has 0 saturated carbocycles. The number of nitrogens with zero attached hydrogens (tertiary/aromatic N) is 4. The number of aromatic nitrogens is 1. The number of hydrogen-bond acceptors (Lipinski definition) is 4. The molecule has 0 N–H and O–H groups in total. The summed E-state index contributed by atoms with van der Waals surface area (Å²) in [5.41, 5.74) is 9.85.